The summed E-state index contributed by atoms with van der Waals surface area (Å²) in [5, 5.41) is 23.7. The number of nitrogens with zero attached hydrogens (tertiary/aromatic N) is 5. The van der Waals surface area contributed by atoms with Gasteiger partial charge < -0.3 is 20.1 Å². The van der Waals surface area contributed by atoms with Crippen LogP contribution in [0.4, 0.5) is 19.0 Å². The molecule has 3 heterocycles. The maximum absolute atomic E-state index is 12.4. The fraction of sp³-hybridized carbons (Fsp3) is 0.296. The molecule has 0 unspecified atom stereocenters. The van der Waals surface area contributed by atoms with Gasteiger partial charge in [0.05, 0.1) is 17.1 Å². The van der Waals surface area contributed by atoms with Gasteiger partial charge in [0.1, 0.15) is 11.6 Å². The molecule has 0 spiro atoms. The maximum Gasteiger partial charge on any atom is 0.573 e. The number of benzene rings is 2. The number of aromatic nitrogens is 6. The van der Waals surface area contributed by atoms with E-state index in [1.807, 2.05) is 30.5 Å². The van der Waals surface area contributed by atoms with Gasteiger partial charge in [-0.15, -0.1) is 23.4 Å². The third-order valence-electron chi connectivity index (χ3n) is 6.18. The molecule has 0 radical (unpaired) electrons. The smallest absolute Gasteiger partial charge is 0.404 e. The molecular weight excluding hydrogens is 561 g/mol. The Labute approximate surface area is 237 Å². The molecule has 0 saturated heterocycles. The zero-order valence-electron chi connectivity index (χ0n) is 21.7. The van der Waals surface area contributed by atoms with Crippen LogP contribution in [0.5, 0.6) is 5.75 Å². The van der Waals surface area contributed by atoms with Crippen LogP contribution in [0.25, 0.3) is 33.1 Å². The first-order valence-electron chi connectivity index (χ1n) is 12.9. The van der Waals surface area contributed by atoms with Gasteiger partial charge >= 0.3 is 6.36 Å². The Morgan fingerprint density at radius 2 is 1.85 bits per heavy atom. The van der Waals surface area contributed by atoms with E-state index in [9.17, 15) is 13.2 Å². The summed E-state index contributed by atoms with van der Waals surface area (Å²) in [6.07, 6.45) is 0.528. The van der Waals surface area contributed by atoms with Crippen LogP contribution in [0.1, 0.15) is 18.4 Å². The lowest BCUT2D eigenvalue weighted by atomic mass is 10.1. The summed E-state index contributed by atoms with van der Waals surface area (Å²) >= 11 is 5.89. The Balaban J connectivity index is 1.04. The summed E-state index contributed by atoms with van der Waals surface area (Å²) in [4.78, 5) is 9.13. The zero-order valence-corrected chi connectivity index (χ0v) is 22.5. The molecule has 0 fully saturated rings. The topological polar surface area (TPSA) is 123 Å². The lowest BCUT2D eigenvalue weighted by molar-refractivity contribution is -0.274. The molecule has 0 aliphatic carbocycles. The third-order valence-corrected chi connectivity index (χ3v) is 6.48. The molecule has 5 rings (SSSR count). The van der Waals surface area contributed by atoms with E-state index in [2.05, 4.69) is 41.0 Å². The summed E-state index contributed by atoms with van der Waals surface area (Å²) in [5.74, 6) is 0.827. The van der Waals surface area contributed by atoms with Gasteiger partial charge in [-0.05, 0) is 54.4 Å². The van der Waals surface area contributed by atoms with Crippen molar-refractivity contribution < 1.29 is 22.6 Å². The van der Waals surface area contributed by atoms with Crippen LogP contribution in [0.2, 0.25) is 5.02 Å². The predicted molar refractivity (Wildman–Crippen MR) is 149 cm³/mol. The Kier molecular flexibility index (Phi) is 9.07. The van der Waals surface area contributed by atoms with Gasteiger partial charge in [-0.3, -0.25) is 4.98 Å². The van der Waals surface area contributed by atoms with Crippen LogP contribution in [-0.2, 0) is 11.3 Å². The number of nitrogens with one attached hydrogen (secondary N) is 3. The van der Waals surface area contributed by atoms with E-state index >= 15 is 0 Å². The first-order valence-corrected chi connectivity index (χ1v) is 13.2. The summed E-state index contributed by atoms with van der Waals surface area (Å²) in [7, 11) is 0. The van der Waals surface area contributed by atoms with Crippen LogP contribution in [-0.4, -0.2) is 63.3 Å². The van der Waals surface area contributed by atoms with Gasteiger partial charge in [0.2, 0.25) is 5.82 Å². The molecular formula is C27H26ClF3N8O2. The number of anilines is 1. The van der Waals surface area contributed by atoms with E-state index < -0.39 is 12.1 Å². The highest BCUT2D eigenvalue weighted by atomic mass is 35.5. The first kappa shape index (κ1) is 28.5. The molecule has 5 aromatic rings. The molecule has 3 aromatic heterocycles. The van der Waals surface area contributed by atoms with E-state index in [0.717, 1.165) is 58.0 Å². The minimum absolute atomic E-state index is 0.0826. The fourth-order valence-electron chi connectivity index (χ4n) is 4.30. The van der Waals surface area contributed by atoms with Crippen molar-refractivity contribution in [2.24, 2.45) is 0 Å². The third kappa shape index (κ3) is 7.57. The molecule has 0 aliphatic heterocycles. The monoisotopic (exact) mass is 586 g/mol. The molecule has 0 amide bonds. The summed E-state index contributed by atoms with van der Waals surface area (Å²) in [6, 6.07) is 12.0. The SMILES string of the molecule is FC(F)(F)Oc1ccc(CNCCCCOCCNc2nc3cc(-c4nn[nH]n4)ccc3c3cnccc23)cc1Cl. The molecule has 0 atom stereocenters. The average Bonchev–Trinajstić information content (AvgIpc) is 3.50. The van der Waals surface area contributed by atoms with Crippen molar-refractivity contribution in [3.8, 4) is 17.1 Å². The van der Waals surface area contributed by atoms with E-state index in [0.29, 0.717) is 32.1 Å². The van der Waals surface area contributed by atoms with Gasteiger partial charge in [0.15, 0.2) is 0 Å². The molecule has 10 nitrogen and oxygen atoms in total. The van der Waals surface area contributed by atoms with Gasteiger partial charge in [0.25, 0.3) is 0 Å². The number of alkyl halides is 3. The molecule has 0 saturated carbocycles. The number of fused-ring (bicyclic) bond motifs is 3. The molecule has 0 bridgehead atoms. The van der Waals surface area contributed by atoms with Crippen molar-refractivity contribution in [3.63, 3.8) is 0 Å². The van der Waals surface area contributed by atoms with Gasteiger partial charge in [0, 0.05) is 53.8 Å². The van der Waals surface area contributed by atoms with Crippen LogP contribution in [0.15, 0.2) is 54.9 Å². The van der Waals surface area contributed by atoms with Crippen LogP contribution in [0, 0.1) is 0 Å². The number of hydrogen-bond acceptors (Lipinski definition) is 9. The van der Waals surface area contributed by atoms with Crippen molar-refractivity contribution in [1.29, 1.82) is 0 Å². The van der Waals surface area contributed by atoms with Crippen molar-refractivity contribution in [3.05, 3.63) is 65.4 Å². The first-order chi connectivity index (χ1) is 19.9. The molecule has 14 heteroatoms. The van der Waals surface area contributed by atoms with Crippen LogP contribution < -0.4 is 15.4 Å². The van der Waals surface area contributed by atoms with Gasteiger partial charge in [-0.1, -0.05) is 29.8 Å². The Bertz CT molecular complexity index is 1600. The van der Waals surface area contributed by atoms with E-state index in [1.165, 1.54) is 12.1 Å². The molecule has 0 aliphatic rings. The normalized spacial score (nSPS) is 11.8. The molecule has 2 aromatic carbocycles. The Hall–Kier alpha value is -4.07. The van der Waals surface area contributed by atoms with Crippen molar-refractivity contribution >= 4 is 39.1 Å². The number of hydrogen-bond donors (Lipinski definition) is 3. The minimum atomic E-state index is -4.77. The Morgan fingerprint density at radius 3 is 2.66 bits per heavy atom. The predicted octanol–water partition coefficient (Wildman–Crippen LogP) is 5.51. The lowest BCUT2D eigenvalue weighted by Crippen LogP contribution is -2.18. The molecule has 214 valence electrons. The van der Waals surface area contributed by atoms with E-state index in [-0.39, 0.29) is 5.02 Å². The fourth-order valence-corrected chi connectivity index (χ4v) is 4.54. The largest absolute Gasteiger partial charge is 0.573 e. The Morgan fingerprint density at radius 1 is 0.951 bits per heavy atom. The lowest BCUT2D eigenvalue weighted by Gasteiger charge is -2.12. The highest BCUT2D eigenvalue weighted by molar-refractivity contribution is 6.32. The van der Waals surface area contributed by atoms with Gasteiger partial charge in [-0.2, -0.15) is 5.21 Å². The van der Waals surface area contributed by atoms with Crippen molar-refractivity contribution in [1.82, 2.24) is 35.9 Å². The second-order valence-electron chi connectivity index (χ2n) is 9.08. The zero-order chi connectivity index (χ0) is 28.7. The molecule has 41 heavy (non-hydrogen) atoms. The highest BCUT2D eigenvalue weighted by Gasteiger charge is 2.32. The van der Waals surface area contributed by atoms with Crippen LogP contribution in [0.3, 0.4) is 0 Å². The summed E-state index contributed by atoms with van der Waals surface area (Å²) in [5.41, 5.74) is 2.36. The maximum atomic E-state index is 12.4. The second kappa shape index (κ2) is 13.1. The number of halogens is 4. The van der Waals surface area contributed by atoms with Gasteiger partial charge in [-0.25, -0.2) is 4.98 Å². The summed E-state index contributed by atoms with van der Waals surface area (Å²) < 4.78 is 46.7. The highest BCUT2D eigenvalue weighted by Crippen LogP contribution is 2.32. The van der Waals surface area contributed by atoms with Crippen molar-refractivity contribution in [2.45, 2.75) is 25.7 Å². The number of pyridine rings is 2. The summed E-state index contributed by atoms with van der Waals surface area (Å²) in [6.45, 7) is 2.89. The van der Waals surface area contributed by atoms with E-state index in [4.69, 9.17) is 21.3 Å². The number of unbranched alkanes of at least 4 members (excludes halogenated alkanes) is 1. The molecule has 3 N–H and O–H groups in total. The van der Waals surface area contributed by atoms with Crippen molar-refractivity contribution in [2.75, 3.05) is 31.6 Å². The minimum Gasteiger partial charge on any atom is -0.404 e. The quantitative estimate of drug-likeness (QED) is 0.121. The van der Waals surface area contributed by atoms with E-state index in [1.54, 1.807) is 12.3 Å². The second-order valence-corrected chi connectivity index (χ2v) is 9.49. The number of aromatic amines is 1. The number of ether oxygens (including phenoxy) is 2. The average molecular weight is 587 g/mol. The van der Waals surface area contributed by atoms with Crippen LogP contribution >= 0.6 is 11.6 Å². The number of tetrazole rings is 1. The standard InChI is InChI=1S/C27H26ClF3N8O2/c28-22-13-17(3-6-24(22)41-27(29,30)31)15-32-8-1-2-11-40-12-10-34-26-20-7-9-33-16-21(20)19-5-4-18(14-23(19)35-26)25-36-38-39-37-25/h3-7,9,13-14,16,32H,1-2,8,10-12,15H2,(H,34,35)(H,36,37,38,39). The number of rotatable bonds is 13. The number of H-pyrrole nitrogens is 1.